The molecule has 5 heteroatoms. The Kier molecular flexibility index (Phi) is 4.40. The van der Waals surface area contributed by atoms with Crippen molar-refractivity contribution < 1.29 is 9.53 Å². The Bertz CT molecular complexity index is 626. The second kappa shape index (κ2) is 6.23. The van der Waals surface area contributed by atoms with E-state index >= 15 is 0 Å². The predicted molar refractivity (Wildman–Crippen MR) is 75.3 cm³/mol. The third-order valence-electron chi connectivity index (χ3n) is 2.98. The highest BCUT2D eigenvalue weighted by Gasteiger charge is 2.15. The molecule has 20 heavy (non-hydrogen) atoms. The van der Waals surface area contributed by atoms with E-state index in [2.05, 4.69) is 15.0 Å². The summed E-state index contributed by atoms with van der Waals surface area (Å²) in [5, 5.41) is 0. The standard InChI is InChI=1S/C15H17N3O2/c1-4-13-12(15(19)20-5-2)9-17-14(18-13)11-8-16-7-6-10(11)3/h6-9H,4-5H2,1-3H3. The molecular formula is C15H17N3O2. The number of rotatable bonds is 4. The number of hydrogen-bond acceptors (Lipinski definition) is 5. The van der Waals surface area contributed by atoms with Crippen LogP contribution in [0.5, 0.6) is 0 Å². The Hall–Kier alpha value is -2.30. The van der Waals surface area contributed by atoms with Gasteiger partial charge in [0.1, 0.15) is 0 Å². The Labute approximate surface area is 118 Å². The number of pyridine rings is 1. The van der Waals surface area contributed by atoms with Crippen LogP contribution in [0.15, 0.2) is 24.7 Å². The molecule has 0 radical (unpaired) electrons. The zero-order valence-corrected chi connectivity index (χ0v) is 11.9. The normalized spacial score (nSPS) is 10.3. The van der Waals surface area contributed by atoms with Crippen LogP contribution in [-0.2, 0) is 11.2 Å². The van der Waals surface area contributed by atoms with Gasteiger partial charge >= 0.3 is 5.97 Å². The molecule has 0 spiro atoms. The van der Waals surface area contributed by atoms with Crippen LogP contribution in [0.3, 0.4) is 0 Å². The highest BCUT2D eigenvalue weighted by Crippen LogP contribution is 2.19. The fraction of sp³-hybridized carbons (Fsp3) is 0.333. The van der Waals surface area contributed by atoms with Crippen LogP contribution in [-0.4, -0.2) is 27.5 Å². The van der Waals surface area contributed by atoms with Crippen LogP contribution < -0.4 is 0 Å². The van der Waals surface area contributed by atoms with Gasteiger partial charge in [0.15, 0.2) is 5.82 Å². The fourth-order valence-electron chi connectivity index (χ4n) is 1.89. The molecule has 0 saturated heterocycles. The summed E-state index contributed by atoms with van der Waals surface area (Å²) in [6.07, 6.45) is 5.63. The first kappa shape index (κ1) is 14.1. The summed E-state index contributed by atoms with van der Waals surface area (Å²) in [5.74, 6) is 0.208. The molecule has 0 unspecified atom stereocenters. The number of aromatic nitrogens is 3. The summed E-state index contributed by atoms with van der Waals surface area (Å²) in [4.78, 5) is 24.7. The van der Waals surface area contributed by atoms with E-state index in [1.165, 1.54) is 6.20 Å². The second-order valence-electron chi connectivity index (χ2n) is 4.32. The summed E-state index contributed by atoms with van der Waals surface area (Å²) >= 11 is 0. The van der Waals surface area contributed by atoms with Gasteiger partial charge in [-0.3, -0.25) is 4.98 Å². The van der Waals surface area contributed by atoms with Crippen LogP contribution >= 0.6 is 0 Å². The molecular weight excluding hydrogens is 254 g/mol. The topological polar surface area (TPSA) is 65.0 Å². The summed E-state index contributed by atoms with van der Waals surface area (Å²) in [6.45, 7) is 6.04. The van der Waals surface area contributed by atoms with Gasteiger partial charge < -0.3 is 4.74 Å². The van der Waals surface area contributed by atoms with Crippen molar-refractivity contribution in [1.29, 1.82) is 0 Å². The minimum absolute atomic E-state index is 0.339. The maximum absolute atomic E-state index is 11.8. The first-order valence-corrected chi connectivity index (χ1v) is 6.61. The van der Waals surface area contributed by atoms with Gasteiger partial charge in [0, 0.05) is 24.2 Å². The van der Waals surface area contributed by atoms with Gasteiger partial charge in [-0.05, 0) is 31.9 Å². The van der Waals surface area contributed by atoms with E-state index in [0.29, 0.717) is 30.1 Å². The lowest BCUT2D eigenvalue weighted by Crippen LogP contribution is -2.11. The number of nitrogens with zero attached hydrogens (tertiary/aromatic N) is 3. The van der Waals surface area contributed by atoms with Crippen molar-refractivity contribution in [3.63, 3.8) is 0 Å². The van der Waals surface area contributed by atoms with E-state index in [4.69, 9.17) is 4.74 Å². The van der Waals surface area contributed by atoms with Crippen LogP contribution in [0.25, 0.3) is 11.4 Å². The quantitative estimate of drug-likeness (QED) is 0.800. The zero-order chi connectivity index (χ0) is 14.5. The molecule has 0 aliphatic rings. The molecule has 0 fully saturated rings. The van der Waals surface area contributed by atoms with Gasteiger partial charge in [0.2, 0.25) is 0 Å². The van der Waals surface area contributed by atoms with Gasteiger partial charge in [-0.15, -0.1) is 0 Å². The van der Waals surface area contributed by atoms with Crippen molar-refractivity contribution in [2.75, 3.05) is 6.61 Å². The first-order chi connectivity index (χ1) is 9.67. The van der Waals surface area contributed by atoms with E-state index < -0.39 is 0 Å². The fourth-order valence-corrected chi connectivity index (χ4v) is 1.89. The molecule has 0 bridgehead atoms. The molecule has 0 saturated carbocycles. The third kappa shape index (κ3) is 2.82. The summed E-state index contributed by atoms with van der Waals surface area (Å²) < 4.78 is 5.01. The average Bonchev–Trinajstić information content (AvgIpc) is 2.47. The second-order valence-corrected chi connectivity index (χ2v) is 4.32. The number of ether oxygens (including phenoxy) is 1. The van der Waals surface area contributed by atoms with Crippen LogP contribution in [0.2, 0.25) is 0 Å². The van der Waals surface area contributed by atoms with Crippen LogP contribution in [0.1, 0.15) is 35.5 Å². The zero-order valence-electron chi connectivity index (χ0n) is 11.9. The van der Waals surface area contributed by atoms with Crippen molar-refractivity contribution in [2.45, 2.75) is 27.2 Å². The molecule has 2 rings (SSSR count). The number of aryl methyl sites for hydroxylation is 2. The van der Waals surface area contributed by atoms with Gasteiger partial charge in [-0.2, -0.15) is 0 Å². The van der Waals surface area contributed by atoms with Crippen molar-refractivity contribution >= 4 is 5.97 Å². The van der Waals surface area contributed by atoms with Crippen molar-refractivity contribution in [2.24, 2.45) is 0 Å². The van der Waals surface area contributed by atoms with E-state index in [1.54, 1.807) is 19.3 Å². The van der Waals surface area contributed by atoms with Gasteiger partial charge in [0.05, 0.1) is 17.9 Å². The SMILES string of the molecule is CCOC(=O)c1cnc(-c2cnccc2C)nc1CC. The first-order valence-electron chi connectivity index (χ1n) is 6.61. The third-order valence-corrected chi connectivity index (χ3v) is 2.98. The smallest absolute Gasteiger partial charge is 0.341 e. The average molecular weight is 271 g/mol. The van der Waals surface area contributed by atoms with E-state index in [0.717, 1.165) is 11.1 Å². The van der Waals surface area contributed by atoms with Crippen LogP contribution in [0.4, 0.5) is 0 Å². The molecule has 0 N–H and O–H groups in total. The molecule has 104 valence electrons. The van der Waals surface area contributed by atoms with E-state index in [-0.39, 0.29) is 5.97 Å². The molecule has 0 atom stereocenters. The van der Waals surface area contributed by atoms with Gasteiger partial charge in [-0.1, -0.05) is 6.92 Å². The molecule has 5 nitrogen and oxygen atoms in total. The Morgan fingerprint density at radius 3 is 2.75 bits per heavy atom. The van der Waals surface area contributed by atoms with Crippen molar-refractivity contribution in [3.05, 3.63) is 41.5 Å². The highest BCUT2D eigenvalue weighted by molar-refractivity contribution is 5.90. The largest absolute Gasteiger partial charge is 0.462 e. The van der Waals surface area contributed by atoms with Gasteiger partial charge in [-0.25, -0.2) is 14.8 Å². The van der Waals surface area contributed by atoms with E-state index in [9.17, 15) is 4.79 Å². The van der Waals surface area contributed by atoms with Gasteiger partial charge in [0.25, 0.3) is 0 Å². The van der Waals surface area contributed by atoms with Crippen molar-refractivity contribution in [3.8, 4) is 11.4 Å². The number of esters is 1. The lowest BCUT2D eigenvalue weighted by molar-refractivity contribution is 0.0524. The summed E-state index contributed by atoms with van der Waals surface area (Å²) in [7, 11) is 0. The predicted octanol–water partition coefficient (Wildman–Crippen LogP) is 2.59. The maximum atomic E-state index is 11.8. The molecule has 2 aromatic heterocycles. The lowest BCUT2D eigenvalue weighted by Gasteiger charge is -2.09. The highest BCUT2D eigenvalue weighted by atomic mass is 16.5. The molecule has 0 aliphatic carbocycles. The Morgan fingerprint density at radius 2 is 2.10 bits per heavy atom. The maximum Gasteiger partial charge on any atom is 0.341 e. The Balaban J connectivity index is 2.45. The minimum Gasteiger partial charge on any atom is -0.462 e. The molecule has 0 aromatic carbocycles. The van der Waals surface area contributed by atoms with E-state index in [1.807, 2.05) is 19.9 Å². The molecule has 2 aromatic rings. The molecule has 2 heterocycles. The monoisotopic (exact) mass is 271 g/mol. The number of hydrogen-bond donors (Lipinski definition) is 0. The van der Waals surface area contributed by atoms with Crippen LogP contribution in [0, 0.1) is 6.92 Å². The number of carbonyl (C=O) groups excluding carboxylic acids is 1. The molecule has 0 aliphatic heterocycles. The Morgan fingerprint density at radius 1 is 1.30 bits per heavy atom. The summed E-state index contributed by atoms with van der Waals surface area (Å²) in [6, 6.07) is 1.91. The summed E-state index contributed by atoms with van der Waals surface area (Å²) in [5.41, 5.74) is 3.04. The lowest BCUT2D eigenvalue weighted by atomic mass is 10.1. The number of carbonyl (C=O) groups is 1. The van der Waals surface area contributed by atoms with Crippen molar-refractivity contribution in [1.82, 2.24) is 15.0 Å². The molecule has 0 amide bonds. The minimum atomic E-state index is -0.376.